The quantitative estimate of drug-likeness (QED) is 0.659. The molecular weight excluding hydrogens is 424 g/mol. The Balaban J connectivity index is 1.53. The van der Waals surface area contributed by atoms with Crippen molar-refractivity contribution in [2.24, 2.45) is 12.5 Å². The lowest BCUT2D eigenvalue weighted by atomic mass is 9.72. The first-order chi connectivity index (χ1) is 15.8. The Morgan fingerprint density at radius 1 is 1.12 bits per heavy atom. The molecule has 1 saturated heterocycles. The van der Waals surface area contributed by atoms with Gasteiger partial charge < -0.3 is 24.7 Å². The van der Waals surface area contributed by atoms with E-state index in [2.05, 4.69) is 5.10 Å². The molecule has 0 radical (unpaired) electrons. The number of likely N-dealkylation sites (tertiary alicyclic amines) is 1. The number of aromatic nitrogens is 2. The van der Waals surface area contributed by atoms with Crippen molar-refractivity contribution in [3.8, 4) is 5.75 Å². The number of hydrogen-bond donors (Lipinski definition) is 2. The zero-order valence-electron chi connectivity index (χ0n) is 19.2. The average molecular weight is 457 g/mol. The number of carbonyl (C=O) groups excluding carboxylic acids is 2. The highest BCUT2D eigenvalue weighted by Gasteiger charge is 2.41. The van der Waals surface area contributed by atoms with Gasteiger partial charge in [-0.1, -0.05) is 18.2 Å². The fourth-order valence-electron chi connectivity index (χ4n) is 4.95. The van der Waals surface area contributed by atoms with Gasteiger partial charge in [-0.25, -0.2) is 0 Å². The first-order valence-corrected chi connectivity index (χ1v) is 11.4. The molecule has 1 fully saturated rings. The van der Waals surface area contributed by atoms with Gasteiger partial charge in [-0.2, -0.15) is 5.10 Å². The van der Waals surface area contributed by atoms with Gasteiger partial charge in [0.1, 0.15) is 11.4 Å². The Hall–Kier alpha value is -2.91. The van der Waals surface area contributed by atoms with E-state index in [-0.39, 0.29) is 24.8 Å². The fraction of sp³-hybridized carbons (Fsp3) is 0.542. The summed E-state index contributed by atoms with van der Waals surface area (Å²) in [7, 11) is 3.48. The van der Waals surface area contributed by atoms with E-state index in [0.29, 0.717) is 50.3 Å². The summed E-state index contributed by atoms with van der Waals surface area (Å²) in [6, 6.07) is 8.97. The molecule has 2 N–H and O–H groups in total. The first kappa shape index (κ1) is 23.3. The molecule has 178 valence electrons. The van der Waals surface area contributed by atoms with Crippen molar-refractivity contribution in [2.75, 3.05) is 33.3 Å². The van der Waals surface area contributed by atoms with E-state index in [0.717, 1.165) is 5.56 Å². The maximum atomic E-state index is 12.9. The summed E-state index contributed by atoms with van der Waals surface area (Å²) in [5, 5.41) is 25.8. The molecule has 0 unspecified atom stereocenters. The number of aryl methyl sites for hydroxylation is 1. The molecule has 2 aliphatic rings. The molecule has 1 aromatic carbocycles. The summed E-state index contributed by atoms with van der Waals surface area (Å²) < 4.78 is 7.32. The normalized spacial score (nSPS) is 23.9. The molecule has 2 amide bonds. The van der Waals surface area contributed by atoms with Gasteiger partial charge in [0.25, 0.3) is 11.8 Å². The van der Waals surface area contributed by atoms with E-state index >= 15 is 0 Å². The molecule has 2 aromatic rings. The number of amides is 2. The summed E-state index contributed by atoms with van der Waals surface area (Å²) in [5.41, 5.74) is 0.876. The molecule has 1 aromatic heterocycles. The number of hydrogen-bond acceptors (Lipinski definition) is 6. The number of nitrogens with zero attached hydrogens (tertiary/aromatic N) is 4. The van der Waals surface area contributed by atoms with Crippen LogP contribution in [0.15, 0.2) is 36.5 Å². The zero-order chi connectivity index (χ0) is 23.6. The molecule has 1 spiro atoms. The number of rotatable bonds is 1. The van der Waals surface area contributed by atoms with Crippen LogP contribution in [0.4, 0.5) is 0 Å². The summed E-state index contributed by atoms with van der Waals surface area (Å²) in [5.74, 6) is 0.323. The predicted molar refractivity (Wildman–Crippen MR) is 121 cm³/mol. The lowest BCUT2D eigenvalue weighted by Gasteiger charge is -2.45. The number of aliphatic hydroxyl groups is 2. The van der Waals surface area contributed by atoms with E-state index in [1.165, 1.54) is 0 Å². The molecule has 0 aliphatic carbocycles. The third-order valence-corrected chi connectivity index (χ3v) is 6.99. The molecule has 33 heavy (non-hydrogen) atoms. The summed E-state index contributed by atoms with van der Waals surface area (Å²) in [6.07, 6.45) is 1.52. The maximum Gasteiger partial charge on any atom is 0.272 e. The van der Waals surface area contributed by atoms with Crippen LogP contribution in [0.1, 0.15) is 35.3 Å². The molecular formula is C24H32N4O5. The van der Waals surface area contributed by atoms with Crippen LogP contribution in [0, 0.1) is 5.41 Å². The van der Waals surface area contributed by atoms with E-state index in [9.17, 15) is 19.8 Å². The predicted octanol–water partition coefficient (Wildman–Crippen LogP) is 0.848. The van der Waals surface area contributed by atoms with Crippen molar-refractivity contribution in [3.05, 3.63) is 47.8 Å². The topological polar surface area (TPSA) is 108 Å². The second-order valence-electron chi connectivity index (χ2n) is 9.32. The van der Waals surface area contributed by atoms with Crippen molar-refractivity contribution in [1.29, 1.82) is 0 Å². The Bertz CT molecular complexity index is 998. The minimum Gasteiger partial charge on any atom is -0.483 e. The van der Waals surface area contributed by atoms with Gasteiger partial charge in [0.15, 0.2) is 6.61 Å². The van der Waals surface area contributed by atoms with Gasteiger partial charge >= 0.3 is 0 Å². The Labute approximate surface area is 193 Å². The Morgan fingerprint density at radius 3 is 2.55 bits per heavy atom. The number of benzene rings is 1. The molecule has 0 bridgehead atoms. The smallest absolute Gasteiger partial charge is 0.272 e. The lowest BCUT2D eigenvalue weighted by molar-refractivity contribution is -0.135. The van der Waals surface area contributed by atoms with Gasteiger partial charge in [-0.3, -0.25) is 14.3 Å². The summed E-state index contributed by atoms with van der Waals surface area (Å²) in [4.78, 5) is 29.1. The van der Waals surface area contributed by atoms with Crippen molar-refractivity contribution >= 4 is 11.8 Å². The molecule has 9 nitrogen and oxygen atoms in total. The minimum absolute atomic E-state index is 0.0759. The van der Waals surface area contributed by atoms with Crippen LogP contribution in [0.2, 0.25) is 0 Å². The lowest BCUT2D eigenvalue weighted by Crippen LogP contribution is -2.51. The fourth-order valence-corrected chi connectivity index (χ4v) is 4.95. The Morgan fingerprint density at radius 2 is 1.85 bits per heavy atom. The monoisotopic (exact) mass is 456 g/mol. The minimum atomic E-state index is -0.958. The molecule has 3 heterocycles. The van der Waals surface area contributed by atoms with E-state index < -0.39 is 17.6 Å². The van der Waals surface area contributed by atoms with E-state index in [1.54, 1.807) is 46.9 Å². The molecule has 4 rings (SSSR count). The summed E-state index contributed by atoms with van der Waals surface area (Å²) in [6.45, 7) is 1.35. The third kappa shape index (κ3) is 5.04. The second-order valence-corrected chi connectivity index (χ2v) is 9.32. The highest BCUT2D eigenvalue weighted by atomic mass is 16.5. The van der Waals surface area contributed by atoms with Crippen LogP contribution in [-0.2, 0) is 18.3 Å². The first-order valence-electron chi connectivity index (χ1n) is 11.4. The van der Waals surface area contributed by atoms with Gasteiger partial charge in [0, 0.05) is 46.3 Å². The number of carbonyl (C=O) groups is 2. The van der Waals surface area contributed by atoms with Gasteiger partial charge in [-0.15, -0.1) is 0 Å². The highest BCUT2D eigenvalue weighted by Crippen LogP contribution is 2.38. The Kier molecular flexibility index (Phi) is 6.71. The van der Waals surface area contributed by atoms with Crippen LogP contribution >= 0.6 is 0 Å². The SMILES string of the molecule is CN1CC2(CCN(C(=O)c3ccnn3C)CC2)C[C@@H](O)[C@@H](O)Cc2ccccc2OCC1=O. The van der Waals surface area contributed by atoms with Crippen LogP contribution in [0.3, 0.4) is 0 Å². The van der Waals surface area contributed by atoms with Gasteiger partial charge in [-0.05, 0) is 42.4 Å². The number of likely N-dealkylation sites (N-methyl/N-ethyl adjacent to an activating group) is 1. The standard InChI is InChI=1S/C24H32N4O5/c1-26-16-24(8-11-28(12-9-24)23(32)18-7-10-25-27(18)2)14-20(30)19(29)13-17-5-3-4-6-21(17)33-15-22(26)31/h3-7,10,19-20,29-30H,8-9,11-16H2,1-2H3/t19-,20+/m0/s1. The van der Waals surface area contributed by atoms with Crippen LogP contribution < -0.4 is 4.74 Å². The van der Waals surface area contributed by atoms with Gasteiger partial charge in [0.2, 0.25) is 0 Å². The van der Waals surface area contributed by atoms with Crippen LogP contribution in [0.25, 0.3) is 0 Å². The van der Waals surface area contributed by atoms with Crippen molar-refractivity contribution in [2.45, 2.75) is 37.9 Å². The summed E-state index contributed by atoms with van der Waals surface area (Å²) >= 11 is 0. The third-order valence-electron chi connectivity index (χ3n) is 6.99. The van der Waals surface area contributed by atoms with Crippen LogP contribution in [0.5, 0.6) is 5.75 Å². The average Bonchev–Trinajstić information content (AvgIpc) is 3.23. The van der Waals surface area contributed by atoms with E-state index in [1.807, 2.05) is 18.2 Å². The number of piperidine rings is 1. The number of fused-ring (bicyclic) bond motifs is 1. The van der Waals surface area contributed by atoms with Crippen molar-refractivity contribution in [1.82, 2.24) is 19.6 Å². The molecule has 2 atom stereocenters. The van der Waals surface area contributed by atoms with Crippen molar-refractivity contribution < 1.29 is 24.5 Å². The molecule has 9 heteroatoms. The zero-order valence-corrected chi connectivity index (χ0v) is 19.2. The maximum absolute atomic E-state index is 12.9. The molecule has 0 saturated carbocycles. The second kappa shape index (κ2) is 9.52. The van der Waals surface area contributed by atoms with Gasteiger partial charge in [0.05, 0.1) is 12.2 Å². The van der Waals surface area contributed by atoms with Crippen molar-refractivity contribution in [3.63, 3.8) is 0 Å². The molecule has 2 aliphatic heterocycles. The van der Waals surface area contributed by atoms with Crippen LogP contribution in [-0.4, -0.2) is 87.1 Å². The number of ether oxygens (including phenoxy) is 1. The number of aliphatic hydroxyl groups excluding tert-OH is 2. The van der Waals surface area contributed by atoms with E-state index in [4.69, 9.17) is 4.74 Å². The highest BCUT2D eigenvalue weighted by molar-refractivity contribution is 5.92. The number of para-hydroxylation sites is 1. The largest absolute Gasteiger partial charge is 0.483 e.